The lowest BCUT2D eigenvalue weighted by atomic mass is 9.97. The average Bonchev–Trinajstić information content (AvgIpc) is 3.37. The van der Waals surface area contributed by atoms with Crippen LogP contribution in [0.1, 0.15) is 22.2 Å². The lowest BCUT2D eigenvalue weighted by Gasteiger charge is -2.16. The van der Waals surface area contributed by atoms with Gasteiger partial charge in [0.15, 0.2) is 0 Å². The summed E-state index contributed by atoms with van der Waals surface area (Å²) >= 11 is 5.94. The molecule has 3 aromatic rings. The Bertz CT molecular complexity index is 1010. The van der Waals surface area contributed by atoms with Crippen LogP contribution in [0.5, 0.6) is 0 Å². The number of hydrogen-bond acceptors (Lipinski definition) is 5. The molecule has 6 nitrogen and oxygen atoms in total. The minimum atomic E-state index is -0.602. The Morgan fingerprint density at radius 3 is 2.79 bits per heavy atom. The van der Waals surface area contributed by atoms with E-state index in [0.717, 1.165) is 5.56 Å². The van der Waals surface area contributed by atoms with Gasteiger partial charge in [-0.05, 0) is 30.3 Å². The number of amides is 1. The van der Waals surface area contributed by atoms with Gasteiger partial charge in [0.2, 0.25) is 11.8 Å². The Morgan fingerprint density at radius 1 is 1.24 bits per heavy atom. The number of aromatic nitrogens is 2. The topological polar surface area (TPSA) is 68.5 Å². The van der Waals surface area contributed by atoms with Crippen LogP contribution in [0.25, 0.3) is 11.5 Å². The Balaban J connectivity index is 1.58. The maximum absolute atomic E-state index is 14.2. The summed E-state index contributed by atoms with van der Waals surface area (Å²) in [5.41, 5.74) is 0.770. The summed E-state index contributed by atoms with van der Waals surface area (Å²) in [6.45, 7) is 1.14. The van der Waals surface area contributed by atoms with Gasteiger partial charge in [-0.15, -0.1) is 10.2 Å². The van der Waals surface area contributed by atoms with Gasteiger partial charge in [-0.25, -0.2) is 4.39 Å². The SMILES string of the molecule is COC[C@@H]1CN(C(=O)c2cc(Cl)ccc2F)C[C@H]1c1nnc(-c2ccccc2)o1. The van der Waals surface area contributed by atoms with E-state index in [2.05, 4.69) is 10.2 Å². The number of halogens is 2. The number of rotatable bonds is 5. The first-order valence-corrected chi connectivity index (χ1v) is 9.56. The monoisotopic (exact) mass is 415 g/mol. The van der Waals surface area contributed by atoms with Crippen LogP contribution in [-0.4, -0.2) is 47.8 Å². The maximum Gasteiger partial charge on any atom is 0.256 e. The summed E-state index contributed by atoms with van der Waals surface area (Å²) in [6, 6.07) is 13.4. The van der Waals surface area contributed by atoms with Crippen molar-refractivity contribution in [2.24, 2.45) is 5.92 Å². The zero-order chi connectivity index (χ0) is 20.4. The molecule has 29 heavy (non-hydrogen) atoms. The van der Waals surface area contributed by atoms with Gasteiger partial charge in [0, 0.05) is 36.7 Å². The Kier molecular flexibility index (Phi) is 5.60. The number of carbonyl (C=O) groups is 1. The van der Waals surface area contributed by atoms with Gasteiger partial charge in [-0.2, -0.15) is 0 Å². The van der Waals surface area contributed by atoms with Crippen molar-refractivity contribution in [3.8, 4) is 11.5 Å². The number of ether oxygens (including phenoxy) is 1. The predicted molar refractivity (Wildman–Crippen MR) is 105 cm³/mol. The van der Waals surface area contributed by atoms with Crippen molar-refractivity contribution in [2.75, 3.05) is 26.8 Å². The van der Waals surface area contributed by atoms with E-state index in [1.165, 1.54) is 18.2 Å². The van der Waals surface area contributed by atoms with Gasteiger partial charge < -0.3 is 14.1 Å². The number of carbonyl (C=O) groups excluding carboxylic acids is 1. The van der Waals surface area contributed by atoms with E-state index in [1.807, 2.05) is 30.3 Å². The number of benzene rings is 2. The molecule has 1 aromatic heterocycles. The first kappa shape index (κ1) is 19.5. The minimum absolute atomic E-state index is 0.0460. The summed E-state index contributed by atoms with van der Waals surface area (Å²) in [6.07, 6.45) is 0. The molecule has 1 amide bonds. The third-order valence-corrected chi connectivity index (χ3v) is 5.28. The van der Waals surface area contributed by atoms with Gasteiger partial charge in [-0.3, -0.25) is 4.79 Å². The van der Waals surface area contributed by atoms with Gasteiger partial charge >= 0.3 is 0 Å². The molecule has 0 spiro atoms. The highest BCUT2D eigenvalue weighted by Gasteiger charge is 2.40. The molecule has 1 saturated heterocycles. The van der Waals surface area contributed by atoms with Gasteiger partial charge in [0.25, 0.3) is 5.91 Å². The highest BCUT2D eigenvalue weighted by Crippen LogP contribution is 2.34. The molecule has 2 heterocycles. The van der Waals surface area contributed by atoms with Crippen LogP contribution in [0.2, 0.25) is 5.02 Å². The van der Waals surface area contributed by atoms with Crippen LogP contribution < -0.4 is 0 Å². The van der Waals surface area contributed by atoms with Crippen LogP contribution >= 0.6 is 11.6 Å². The summed E-state index contributed by atoms with van der Waals surface area (Å²) in [5, 5.41) is 8.65. The molecule has 0 radical (unpaired) electrons. The number of hydrogen-bond donors (Lipinski definition) is 0. The van der Waals surface area contributed by atoms with Crippen molar-refractivity contribution < 1.29 is 18.3 Å². The number of nitrogens with zero attached hydrogens (tertiary/aromatic N) is 3. The van der Waals surface area contributed by atoms with Crippen molar-refractivity contribution >= 4 is 17.5 Å². The third-order valence-electron chi connectivity index (χ3n) is 5.05. The van der Waals surface area contributed by atoms with Crippen LogP contribution in [0.15, 0.2) is 52.9 Å². The fourth-order valence-electron chi connectivity index (χ4n) is 3.61. The summed E-state index contributed by atoms with van der Waals surface area (Å²) in [5.74, 6) is -0.414. The first-order valence-electron chi connectivity index (χ1n) is 9.19. The molecule has 0 N–H and O–H groups in total. The molecule has 150 valence electrons. The van der Waals surface area contributed by atoms with E-state index >= 15 is 0 Å². The lowest BCUT2D eigenvalue weighted by molar-refractivity contribution is 0.0771. The summed E-state index contributed by atoms with van der Waals surface area (Å²) in [4.78, 5) is 14.5. The van der Waals surface area contributed by atoms with E-state index in [0.29, 0.717) is 36.5 Å². The molecule has 2 aromatic carbocycles. The Morgan fingerprint density at radius 2 is 2.03 bits per heavy atom. The summed E-state index contributed by atoms with van der Waals surface area (Å²) in [7, 11) is 1.60. The molecule has 2 atom stereocenters. The molecule has 1 fully saturated rings. The average molecular weight is 416 g/mol. The highest BCUT2D eigenvalue weighted by atomic mass is 35.5. The van der Waals surface area contributed by atoms with E-state index in [-0.39, 0.29) is 17.4 Å². The molecule has 0 bridgehead atoms. The molecule has 1 aliphatic heterocycles. The van der Waals surface area contributed by atoms with Crippen LogP contribution in [-0.2, 0) is 4.74 Å². The quantitative estimate of drug-likeness (QED) is 0.629. The van der Waals surface area contributed by atoms with Crippen molar-refractivity contribution in [2.45, 2.75) is 5.92 Å². The van der Waals surface area contributed by atoms with E-state index < -0.39 is 11.7 Å². The number of likely N-dealkylation sites (tertiary alicyclic amines) is 1. The first-order chi connectivity index (χ1) is 14.1. The Labute approximate surface area is 172 Å². The Hall–Kier alpha value is -2.77. The highest BCUT2D eigenvalue weighted by molar-refractivity contribution is 6.31. The smallest absolute Gasteiger partial charge is 0.256 e. The molecule has 8 heteroatoms. The van der Waals surface area contributed by atoms with Crippen molar-refractivity contribution in [1.82, 2.24) is 15.1 Å². The predicted octanol–water partition coefficient (Wildman–Crippen LogP) is 4.03. The molecular weight excluding hydrogens is 397 g/mol. The van der Waals surface area contributed by atoms with Gasteiger partial charge in [0.1, 0.15) is 5.82 Å². The molecular formula is C21H19ClFN3O3. The second-order valence-corrected chi connectivity index (χ2v) is 7.40. The fourth-order valence-corrected chi connectivity index (χ4v) is 3.79. The van der Waals surface area contributed by atoms with Crippen LogP contribution in [0, 0.1) is 11.7 Å². The maximum atomic E-state index is 14.2. The molecule has 0 aliphatic carbocycles. The minimum Gasteiger partial charge on any atom is -0.420 e. The molecule has 0 saturated carbocycles. The number of methoxy groups -OCH3 is 1. The van der Waals surface area contributed by atoms with E-state index in [1.54, 1.807) is 12.0 Å². The van der Waals surface area contributed by atoms with Gasteiger partial charge in [0.05, 0.1) is 18.1 Å². The largest absolute Gasteiger partial charge is 0.420 e. The molecule has 1 aliphatic rings. The van der Waals surface area contributed by atoms with Crippen molar-refractivity contribution in [3.05, 3.63) is 70.8 Å². The van der Waals surface area contributed by atoms with Gasteiger partial charge in [-0.1, -0.05) is 29.8 Å². The molecule has 0 unspecified atom stereocenters. The second-order valence-electron chi connectivity index (χ2n) is 6.97. The van der Waals surface area contributed by atoms with Crippen LogP contribution in [0.3, 0.4) is 0 Å². The summed E-state index contributed by atoms with van der Waals surface area (Å²) < 4.78 is 25.4. The lowest BCUT2D eigenvalue weighted by Crippen LogP contribution is -2.30. The van der Waals surface area contributed by atoms with E-state index in [4.69, 9.17) is 20.8 Å². The third kappa shape index (κ3) is 4.02. The molecule has 4 rings (SSSR count). The normalized spacial score (nSPS) is 18.9. The van der Waals surface area contributed by atoms with Crippen molar-refractivity contribution in [3.63, 3.8) is 0 Å². The fraction of sp³-hybridized carbons (Fsp3) is 0.286. The second kappa shape index (κ2) is 8.31. The van der Waals surface area contributed by atoms with Crippen molar-refractivity contribution in [1.29, 1.82) is 0 Å². The zero-order valence-corrected chi connectivity index (χ0v) is 16.5. The zero-order valence-electron chi connectivity index (χ0n) is 15.7. The van der Waals surface area contributed by atoms with Crippen LogP contribution in [0.4, 0.5) is 4.39 Å². The van der Waals surface area contributed by atoms with E-state index in [9.17, 15) is 9.18 Å². The standard InChI is InChI=1S/C21H19ClFN3O3/c1-28-12-14-10-26(21(27)16-9-15(22)7-8-18(16)23)11-17(14)20-25-24-19(29-20)13-5-3-2-4-6-13/h2-9,14,17H,10-12H2,1H3/t14-,17+/m0/s1.